The zero-order valence-corrected chi connectivity index (χ0v) is 11.5. The SMILES string of the molecule is OC1(Cc2ccc(Br)cc2)CCN2CCCC21. The van der Waals surface area contributed by atoms with Crippen LogP contribution in [0, 0.1) is 0 Å². The highest BCUT2D eigenvalue weighted by Crippen LogP contribution is 2.38. The first kappa shape index (κ1) is 11.7. The van der Waals surface area contributed by atoms with Crippen molar-refractivity contribution in [3.8, 4) is 0 Å². The predicted octanol–water partition coefficient (Wildman–Crippen LogP) is 2.59. The Balaban J connectivity index is 1.77. The smallest absolute Gasteiger partial charge is 0.0854 e. The first-order chi connectivity index (χ1) is 8.17. The van der Waals surface area contributed by atoms with Gasteiger partial charge in [-0.25, -0.2) is 0 Å². The average molecular weight is 296 g/mol. The summed E-state index contributed by atoms with van der Waals surface area (Å²) in [4.78, 5) is 2.46. The Bertz CT molecular complexity index is 405. The van der Waals surface area contributed by atoms with Gasteiger partial charge in [-0.15, -0.1) is 0 Å². The number of aliphatic hydroxyl groups is 1. The van der Waals surface area contributed by atoms with Crippen molar-refractivity contribution in [2.75, 3.05) is 13.1 Å². The van der Waals surface area contributed by atoms with Gasteiger partial charge >= 0.3 is 0 Å². The van der Waals surface area contributed by atoms with Gasteiger partial charge in [0.1, 0.15) is 0 Å². The Morgan fingerprint density at radius 3 is 2.82 bits per heavy atom. The topological polar surface area (TPSA) is 23.5 Å². The second-order valence-corrected chi connectivity index (χ2v) is 6.27. The largest absolute Gasteiger partial charge is 0.388 e. The quantitative estimate of drug-likeness (QED) is 0.907. The van der Waals surface area contributed by atoms with E-state index in [4.69, 9.17) is 0 Å². The Labute approximate surface area is 111 Å². The third-order valence-corrected chi connectivity index (χ3v) is 4.77. The van der Waals surface area contributed by atoms with Crippen LogP contribution in [-0.4, -0.2) is 34.7 Å². The summed E-state index contributed by atoms with van der Waals surface area (Å²) in [7, 11) is 0. The van der Waals surface area contributed by atoms with Crippen LogP contribution < -0.4 is 0 Å². The molecular formula is C14H18BrNO. The highest BCUT2D eigenvalue weighted by molar-refractivity contribution is 9.10. The minimum absolute atomic E-state index is 0.395. The number of benzene rings is 1. The fourth-order valence-electron chi connectivity index (χ4n) is 3.37. The van der Waals surface area contributed by atoms with Crippen LogP contribution >= 0.6 is 15.9 Å². The van der Waals surface area contributed by atoms with Gasteiger partial charge in [-0.3, -0.25) is 4.90 Å². The number of halogens is 1. The van der Waals surface area contributed by atoms with Crippen LogP contribution in [-0.2, 0) is 6.42 Å². The van der Waals surface area contributed by atoms with Crippen LogP contribution in [0.5, 0.6) is 0 Å². The fraction of sp³-hybridized carbons (Fsp3) is 0.571. The van der Waals surface area contributed by atoms with Gasteiger partial charge in [0.25, 0.3) is 0 Å². The Morgan fingerprint density at radius 2 is 2.06 bits per heavy atom. The van der Waals surface area contributed by atoms with Gasteiger partial charge in [0.05, 0.1) is 5.60 Å². The zero-order valence-electron chi connectivity index (χ0n) is 9.90. The lowest BCUT2D eigenvalue weighted by atomic mass is 9.86. The first-order valence-electron chi connectivity index (χ1n) is 6.38. The molecule has 2 aliphatic rings. The molecule has 17 heavy (non-hydrogen) atoms. The van der Waals surface area contributed by atoms with E-state index < -0.39 is 5.60 Å². The number of hydrogen-bond acceptors (Lipinski definition) is 2. The molecule has 0 bridgehead atoms. The molecule has 0 aliphatic carbocycles. The van der Waals surface area contributed by atoms with Gasteiger partial charge in [0, 0.05) is 23.5 Å². The highest BCUT2D eigenvalue weighted by atomic mass is 79.9. The molecule has 2 unspecified atom stereocenters. The van der Waals surface area contributed by atoms with E-state index >= 15 is 0 Å². The van der Waals surface area contributed by atoms with E-state index in [0.717, 1.165) is 30.3 Å². The van der Waals surface area contributed by atoms with Crippen molar-refractivity contribution in [3.05, 3.63) is 34.3 Å². The summed E-state index contributed by atoms with van der Waals surface area (Å²) in [5.41, 5.74) is 0.745. The molecule has 0 spiro atoms. The second-order valence-electron chi connectivity index (χ2n) is 5.35. The summed E-state index contributed by atoms with van der Waals surface area (Å²) < 4.78 is 1.10. The molecule has 2 saturated heterocycles. The van der Waals surface area contributed by atoms with Gasteiger partial charge < -0.3 is 5.11 Å². The Morgan fingerprint density at radius 1 is 1.29 bits per heavy atom. The molecule has 92 valence electrons. The second kappa shape index (κ2) is 4.38. The molecule has 0 aromatic heterocycles. The van der Waals surface area contributed by atoms with E-state index in [1.165, 1.54) is 18.5 Å². The van der Waals surface area contributed by atoms with Crippen molar-refractivity contribution in [1.82, 2.24) is 4.90 Å². The molecule has 0 saturated carbocycles. The molecular weight excluding hydrogens is 278 g/mol. The molecule has 3 heteroatoms. The van der Waals surface area contributed by atoms with Crippen LogP contribution in [0.2, 0.25) is 0 Å². The number of fused-ring (bicyclic) bond motifs is 1. The number of rotatable bonds is 2. The third kappa shape index (κ3) is 2.16. The molecule has 2 aliphatic heterocycles. The molecule has 2 fully saturated rings. The molecule has 2 atom stereocenters. The van der Waals surface area contributed by atoms with Gasteiger partial charge in [-0.1, -0.05) is 28.1 Å². The average Bonchev–Trinajstić information content (AvgIpc) is 2.88. The summed E-state index contributed by atoms with van der Waals surface area (Å²) in [6.45, 7) is 2.24. The molecule has 3 rings (SSSR count). The first-order valence-corrected chi connectivity index (χ1v) is 7.18. The summed E-state index contributed by atoms with van der Waals surface area (Å²) in [5, 5.41) is 10.8. The van der Waals surface area contributed by atoms with E-state index in [1.807, 2.05) is 0 Å². The van der Waals surface area contributed by atoms with Crippen LogP contribution in [0.1, 0.15) is 24.8 Å². The van der Waals surface area contributed by atoms with Crippen molar-refractivity contribution in [1.29, 1.82) is 0 Å². The maximum absolute atomic E-state index is 10.8. The van der Waals surface area contributed by atoms with E-state index in [9.17, 15) is 5.11 Å². The summed E-state index contributed by atoms with van der Waals surface area (Å²) in [5.74, 6) is 0. The monoisotopic (exact) mass is 295 g/mol. The molecule has 0 amide bonds. The molecule has 2 nitrogen and oxygen atoms in total. The van der Waals surface area contributed by atoms with Crippen LogP contribution in [0.3, 0.4) is 0 Å². The Kier molecular flexibility index (Phi) is 3.01. The lowest BCUT2D eigenvalue weighted by molar-refractivity contribution is 0.0141. The van der Waals surface area contributed by atoms with Crippen LogP contribution in [0.4, 0.5) is 0 Å². The normalized spacial score (nSPS) is 32.9. The summed E-state index contributed by atoms with van der Waals surface area (Å²) in [6, 6.07) is 8.73. The van der Waals surface area contributed by atoms with Crippen molar-refractivity contribution >= 4 is 15.9 Å². The minimum atomic E-state index is -0.496. The molecule has 1 aromatic rings. The van der Waals surface area contributed by atoms with Gasteiger partial charge in [-0.2, -0.15) is 0 Å². The van der Waals surface area contributed by atoms with E-state index in [1.54, 1.807) is 0 Å². The predicted molar refractivity (Wildman–Crippen MR) is 72.0 cm³/mol. The molecule has 2 heterocycles. The third-order valence-electron chi connectivity index (χ3n) is 4.24. The van der Waals surface area contributed by atoms with E-state index in [-0.39, 0.29) is 0 Å². The lowest BCUT2D eigenvalue weighted by Crippen LogP contribution is -2.42. The molecule has 1 aromatic carbocycles. The standard InChI is InChI=1S/C14H18BrNO/c15-12-5-3-11(4-6-12)10-14(17)7-9-16-8-1-2-13(14)16/h3-6,13,17H,1-2,7-10H2. The van der Waals surface area contributed by atoms with Crippen LogP contribution in [0.25, 0.3) is 0 Å². The lowest BCUT2D eigenvalue weighted by Gasteiger charge is -2.30. The fourth-order valence-corrected chi connectivity index (χ4v) is 3.63. The van der Waals surface area contributed by atoms with Gasteiger partial charge in [0.2, 0.25) is 0 Å². The van der Waals surface area contributed by atoms with Crippen molar-refractivity contribution < 1.29 is 5.11 Å². The van der Waals surface area contributed by atoms with E-state index in [2.05, 4.69) is 45.1 Å². The Hall–Kier alpha value is -0.380. The summed E-state index contributed by atoms with van der Waals surface area (Å²) >= 11 is 3.45. The maximum Gasteiger partial charge on any atom is 0.0854 e. The molecule has 0 radical (unpaired) electrons. The van der Waals surface area contributed by atoms with Crippen molar-refractivity contribution in [2.45, 2.75) is 37.3 Å². The van der Waals surface area contributed by atoms with Crippen molar-refractivity contribution in [3.63, 3.8) is 0 Å². The number of nitrogens with zero attached hydrogens (tertiary/aromatic N) is 1. The van der Waals surface area contributed by atoms with Gasteiger partial charge in [0.15, 0.2) is 0 Å². The maximum atomic E-state index is 10.8. The summed E-state index contributed by atoms with van der Waals surface area (Å²) in [6.07, 6.45) is 4.12. The van der Waals surface area contributed by atoms with Crippen LogP contribution in [0.15, 0.2) is 28.7 Å². The minimum Gasteiger partial charge on any atom is -0.388 e. The van der Waals surface area contributed by atoms with E-state index in [0.29, 0.717) is 6.04 Å². The highest BCUT2D eigenvalue weighted by Gasteiger charge is 2.47. The zero-order chi connectivity index (χ0) is 11.9. The van der Waals surface area contributed by atoms with Crippen molar-refractivity contribution in [2.24, 2.45) is 0 Å². The van der Waals surface area contributed by atoms with Gasteiger partial charge in [-0.05, 0) is 43.5 Å². The molecule has 1 N–H and O–H groups in total. The number of hydrogen-bond donors (Lipinski definition) is 1.